The van der Waals surface area contributed by atoms with Crippen molar-refractivity contribution in [2.75, 3.05) is 51.8 Å². The molecule has 2 aromatic heterocycles. The average Bonchev–Trinajstić information content (AvgIpc) is 3.54. The Morgan fingerprint density at radius 3 is 2.32 bits per heavy atom. The molecule has 0 aliphatic carbocycles. The van der Waals surface area contributed by atoms with Crippen LogP contribution in [0.15, 0.2) is 77.4 Å². The fraction of sp³-hybridized carbons (Fsp3) is 0.267. The van der Waals surface area contributed by atoms with E-state index in [1.807, 2.05) is 30.3 Å². The van der Waals surface area contributed by atoms with Crippen molar-refractivity contribution in [1.29, 1.82) is 0 Å². The lowest BCUT2D eigenvalue weighted by atomic mass is 10.1. The topological polar surface area (TPSA) is 101 Å². The van der Waals surface area contributed by atoms with E-state index in [4.69, 9.17) is 25.5 Å². The molecule has 1 saturated heterocycles. The van der Waals surface area contributed by atoms with Crippen LogP contribution in [0.5, 0.6) is 11.5 Å². The smallest absolute Gasteiger partial charge is 0.254 e. The van der Waals surface area contributed by atoms with Gasteiger partial charge in [-0.2, -0.15) is 0 Å². The van der Waals surface area contributed by atoms with Crippen LogP contribution in [-0.4, -0.2) is 78.8 Å². The minimum absolute atomic E-state index is 0.0675. The van der Waals surface area contributed by atoms with Crippen molar-refractivity contribution in [1.82, 2.24) is 20.0 Å². The zero-order chi connectivity index (χ0) is 28.8. The van der Waals surface area contributed by atoms with Gasteiger partial charge in [-0.25, -0.2) is 0 Å². The molecule has 1 aliphatic rings. The van der Waals surface area contributed by atoms with Crippen molar-refractivity contribution in [3.05, 3.63) is 89.3 Å². The molecule has 0 saturated carbocycles. The van der Waals surface area contributed by atoms with Gasteiger partial charge in [0.25, 0.3) is 5.91 Å². The van der Waals surface area contributed by atoms with Crippen molar-refractivity contribution < 1.29 is 23.5 Å². The number of anilines is 1. The molecule has 2 aromatic carbocycles. The molecule has 0 N–H and O–H groups in total. The highest BCUT2D eigenvalue weighted by atomic mass is 35.5. The first-order valence-corrected chi connectivity index (χ1v) is 13.5. The number of carbonyl (C=O) groups excluding carboxylic acids is 2. The van der Waals surface area contributed by atoms with Gasteiger partial charge in [-0.15, -0.1) is 10.2 Å². The van der Waals surface area contributed by atoms with Gasteiger partial charge in [0.05, 0.1) is 32.7 Å². The van der Waals surface area contributed by atoms with Crippen molar-refractivity contribution in [2.24, 2.45) is 0 Å². The minimum atomic E-state index is -0.269. The summed E-state index contributed by atoms with van der Waals surface area (Å²) in [6, 6.07) is 19.6. The molecule has 0 radical (unpaired) electrons. The number of nitrogens with zero attached hydrogens (tertiary/aromatic N) is 5. The second kappa shape index (κ2) is 12.7. The first-order chi connectivity index (χ1) is 19.9. The zero-order valence-corrected chi connectivity index (χ0v) is 23.6. The third kappa shape index (κ3) is 6.60. The number of amides is 2. The number of ether oxygens (including phenoxy) is 2. The largest absolute Gasteiger partial charge is 0.493 e. The van der Waals surface area contributed by atoms with Crippen LogP contribution in [0, 0.1) is 0 Å². The van der Waals surface area contributed by atoms with Crippen molar-refractivity contribution in [2.45, 2.75) is 6.54 Å². The summed E-state index contributed by atoms with van der Waals surface area (Å²) in [5, 5.41) is 9.37. The number of halogens is 1. The van der Waals surface area contributed by atoms with E-state index in [9.17, 15) is 9.59 Å². The Morgan fingerprint density at radius 2 is 1.68 bits per heavy atom. The molecule has 212 valence electrons. The number of hydrogen-bond acceptors (Lipinski definition) is 8. The molecule has 41 heavy (non-hydrogen) atoms. The number of benzene rings is 2. The van der Waals surface area contributed by atoms with E-state index in [-0.39, 0.29) is 24.9 Å². The Kier molecular flexibility index (Phi) is 8.69. The summed E-state index contributed by atoms with van der Waals surface area (Å²) in [5.74, 6) is 2.20. The van der Waals surface area contributed by atoms with Crippen LogP contribution in [0.1, 0.15) is 16.1 Å². The second-order valence-corrected chi connectivity index (χ2v) is 9.90. The van der Waals surface area contributed by atoms with E-state index in [2.05, 4.69) is 15.1 Å². The summed E-state index contributed by atoms with van der Waals surface area (Å²) in [7, 11) is 3.19. The molecule has 0 spiro atoms. The van der Waals surface area contributed by atoms with Gasteiger partial charge in [0.1, 0.15) is 12.3 Å². The summed E-state index contributed by atoms with van der Waals surface area (Å²) in [5.41, 5.74) is 2.03. The number of rotatable bonds is 9. The third-order valence-electron chi connectivity index (χ3n) is 6.92. The minimum Gasteiger partial charge on any atom is -0.493 e. The molecule has 5 rings (SSSR count). The van der Waals surface area contributed by atoms with Crippen LogP contribution in [0.2, 0.25) is 5.02 Å². The highest BCUT2D eigenvalue weighted by molar-refractivity contribution is 6.30. The predicted octanol–water partition coefficient (Wildman–Crippen LogP) is 4.40. The molecule has 2 amide bonds. The molecule has 1 aliphatic heterocycles. The van der Waals surface area contributed by atoms with Crippen LogP contribution in [0.25, 0.3) is 11.3 Å². The van der Waals surface area contributed by atoms with Gasteiger partial charge in [-0.1, -0.05) is 11.6 Å². The second-order valence-electron chi connectivity index (χ2n) is 9.46. The maximum absolute atomic E-state index is 13.3. The SMILES string of the molecule is COc1ccc(-c2ccc(N3CCN(C(=O)CN(Cc4ccco4)C(=O)c4ccc(Cl)cc4)CC3)nn2)cc1OC. The highest BCUT2D eigenvalue weighted by Gasteiger charge is 2.26. The quantitative estimate of drug-likeness (QED) is 0.289. The van der Waals surface area contributed by atoms with E-state index in [0.29, 0.717) is 59.7 Å². The van der Waals surface area contributed by atoms with Crippen molar-refractivity contribution in [3.63, 3.8) is 0 Å². The molecule has 4 aromatic rings. The van der Waals surface area contributed by atoms with E-state index in [1.54, 1.807) is 61.8 Å². The van der Waals surface area contributed by atoms with Crippen LogP contribution in [0.3, 0.4) is 0 Å². The van der Waals surface area contributed by atoms with Crippen LogP contribution < -0.4 is 14.4 Å². The number of piperazine rings is 1. The lowest BCUT2D eigenvalue weighted by molar-refractivity contribution is -0.132. The van der Waals surface area contributed by atoms with Gasteiger partial charge < -0.3 is 28.6 Å². The number of methoxy groups -OCH3 is 2. The van der Waals surface area contributed by atoms with E-state index in [1.165, 1.54) is 4.90 Å². The van der Waals surface area contributed by atoms with Crippen LogP contribution in [-0.2, 0) is 11.3 Å². The molecular weight excluding hydrogens is 546 g/mol. The Balaban J connectivity index is 1.20. The molecular formula is C30H30ClN5O5. The monoisotopic (exact) mass is 575 g/mol. The van der Waals surface area contributed by atoms with Gasteiger partial charge in [0.2, 0.25) is 5.91 Å². The molecule has 0 atom stereocenters. The normalized spacial score (nSPS) is 13.1. The number of carbonyl (C=O) groups is 2. The Morgan fingerprint density at radius 1 is 0.927 bits per heavy atom. The Labute approximate surface area is 243 Å². The third-order valence-corrected chi connectivity index (χ3v) is 7.17. The van der Waals surface area contributed by atoms with Gasteiger partial charge in [0.15, 0.2) is 17.3 Å². The maximum atomic E-state index is 13.3. The van der Waals surface area contributed by atoms with E-state index >= 15 is 0 Å². The highest BCUT2D eigenvalue weighted by Crippen LogP contribution is 2.31. The summed E-state index contributed by atoms with van der Waals surface area (Å²) in [6.07, 6.45) is 1.55. The molecule has 11 heteroatoms. The molecule has 1 fully saturated rings. The number of hydrogen-bond donors (Lipinski definition) is 0. The average molecular weight is 576 g/mol. The molecule has 10 nitrogen and oxygen atoms in total. The summed E-state index contributed by atoms with van der Waals surface area (Å²) in [6.45, 7) is 2.31. The fourth-order valence-electron chi connectivity index (χ4n) is 4.66. The molecule has 0 unspecified atom stereocenters. The Bertz CT molecular complexity index is 1470. The van der Waals surface area contributed by atoms with Crippen molar-refractivity contribution >= 4 is 29.2 Å². The number of aromatic nitrogens is 2. The first kappa shape index (κ1) is 28.0. The summed E-state index contributed by atoms with van der Waals surface area (Å²) in [4.78, 5) is 31.9. The maximum Gasteiger partial charge on any atom is 0.254 e. The first-order valence-electron chi connectivity index (χ1n) is 13.1. The number of furan rings is 1. The van der Waals surface area contributed by atoms with E-state index < -0.39 is 0 Å². The van der Waals surface area contributed by atoms with Crippen LogP contribution >= 0.6 is 11.6 Å². The van der Waals surface area contributed by atoms with Crippen LogP contribution in [0.4, 0.5) is 5.82 Å². The lowest BCUT2D eigenvalue weighted by Crippen LogP contribution is -2.52. The zero-order valence-electron chi connectivity index (χ0n) is 22.8. The van der Waals surface area contributed by atoms with Gasteiger partial charge >= 0.3 is 0 Å². The summed E-state index contributed by atoms with van der Waals surface area (Å²) >= 11 is 5.99. The Hall–Kier alpha value is -4.57. The van der Waals surface area contributed by atoms with E-state index in [0.717, 1.165) is 11.4 Å². The lowest BCUT2D eigenvalue weighted by Gasteiger charge is -2.36. The molecule has 3 heterocycles. The standard InChI is InChI=1S/C30H30ClN5O5/c1-39-26-11-7-22(18-27(26)40-2)25-10-12-28(33-32-25)34-13-15-35(16-14-34)29(37)20-36(19-24-4-3-17-41-24)30(38)21-5-8-23(31)9-6-21/h3-12,17-18H,13-16,19-20H2,1-2H3. The molecule has 0 bridgehead atoms. The van der Waals surface area contributed by atoms with Gasteiger partial charge in [-0.05, 0) is 66.7 Å². The van der Waals surface area contributed by atoms with Gasteiger partial charge in [0, 0.05) is 42.3 Å². The van der Waals surface area contributed by atoms with Gasteiger partial charge in [-0.3, -0.25) is 9.59 Å². The predicted molar refractivity (Wildman–Crippen MR) is 154 cm³/mol. The van der Waals surface area contributed by atoms with Crippen molar-refractivity contribution in [3.8, 4) is 22.8 Å². The fourth-order valence-corrected chi connectivity index (χ4v) is 4.78. The summed E-state index contributed by atoms with van der Waals surface area (Å²) < 4.78 is 16.1.